The summed E-state index contributed by atoms with van der Waals surface area (Å²) in [7, 11) is 0. The molecule has 4 amide bonds. The highest BCUT2D eigenvalue weighted by atomic mass is 16.5. The molecule has 1 unspecified atom stereocenters. The van der Waals surface area contributed by atoms with E-state index >= 15 is 0 Å². The molecule has 0 saturated heterocycles. The smallest absolute Gasteiger partial charge is 0.326 e. The minimum absolute atomic E-state index is 0.0120. The average Bonchev–Trinajstić information content (AvgIpc) is 3.27. The van der Waals surface area contributed by atoms with Crippen LogP contribution in [-0.4, -0.2) is 68.8 Å². The Morgan fingerprint density at radius 1 is 0.971 bits per heavy atom. The first kappa shape index (κ1) is 29.2. The number of rotatable bonds is 17. The molecule has 0 radical (unpaired) electrons. The van der Waals surface area contributed by atoms with Gasteiger partial charge in [-0.2, -0.15) is 4.98 Å². The van der Waals surface area contributed by atoms with E-state index in [2.05, 4.69) is 26.1 Å². The zero-order valence-corrected chi connectivity index (χ0v) is 19.1. The Morgan fingerprint density at radius 2 is 1.69 bits per heavy atom. The third kappa shape index (κ3) is 11.8. The number of nitrogens with zero attached hydrogens (tertiary/aromatic N) is 2. The highest BCUT2D eigenvalue weighted by Crippen LogP contribution is 2.12. The van der Waals surface area contributed by atoms with Gasteiger partial charge in [-0.05, 0) is 38.6 Å². The molecular weight excluding hydrogens is 468 g/mol. The van der Waals surface area contributed by atoms with Crippen LogP contribution in [0.5, 0.6) is 0 Å². The third-order valence-electron chi connectivity index (χ3n) is 4.75. The molecule has 1 heterocycles. The van der Waals surface area contributed by atoms with Crippen molar-refractivity contribution >= 4 is 29.8 Å². The van der Waals surface area contributed by atoms with Crippen LogP contribution < -0.4 is 33.2 Å². The molecule has 0 bridgehead atoms. The number of aromatic nitrogens is 2. The summed E-state index contributed by atoms with van der Waals surface area (Å²) in [5.41, 5.74) is 16.3. The predicted octanol–water partition coefficient (Wildman–Crippen LogP) is -1.93. The number of urea groups is 1. The van der Waals surface area contributed by atoms with Gasteiger partial charge in [0.1, 0.15) is 12.1 Å². The second kappa shape index (κ2) is 15.2. The van der Waals surface area contributed by atoms with Crippen LogP contribution in [0.1, 0.15) is 62.7 Å². The number of primary amides is 1. The summed E-state index contributed by atoms with van der Waals surface area (Å²) in [6, 6.07) is -4.10. The fourth-order valence-electron chi connectivity index (χ4n) is 2.84. The molecule has 1 aromatic rings. The fourth-order valence-corrected chi connectivity index (χ4v) is 2.84. The van der Waals surface area contributed by atoms with E-state index in [1.54, 1.807) is 0 Å². The molecule has 3 atom stereocenters. The lowest BCUT2D eigenvalue weighted by atomic mass is 10.1. The summed E-state index contributed by atoms with van der Waals surface area (Å²) in [6.07, 6.45) is 0.656. The molecular formula is C19H32N8O8. The molecule has 0 saturated carbocycles. The van der Waals surface area contributed by atoms with E-state index in [9.17, 15) is 29.1 Å². The maximum atomic E-state index is 12.6. The van der Waals surface area contributed by atoms with Crippen LogP contribution in [0.2, 0.25) is 0 Å². The second-order valence-electron chi connectivity index (χ2n) is 7.65. The van der Waals surface area contributed by atoms with Gasteiger partial charge in [-0.1, -0.05) is 5.16 Å². The average molecular weight is 501 g/mol. The van der Waals surface area contributed by atoms with Gasteiger partial charge in [0, 0.05) is 12.8 Å². The van der Waals surface area contributed by atoms with E-state index in [0.717, 1.165) is 0 Å². The predicted molar refractivity (Wildman–Crippen MR) is 118 cm³/mol. The van der Waals surface area contributed by atoms with Crippen LogP contribution in [-0.2, 0) is 25.7 Å². The van der Waals surface area contributed by atoms with Crippen molar-refractivity contribution in [2.45, 2.75) is 69.6 Å². The van der Waals surface area contributed by atoms with E-state index in [1.165, 1.54) is 0 Å². The summed E-state index contributed by atoms with van der Waals surface area (Å²) in [4.78, 5) is 62.1. The fraction of sp³-hybridized carbons (Fsp3) is 0.632. The van der Waals surface area contributed by atoms with E-state index in [-0.39, 0.29) is 43.9 Å². The third-order valence-corrected chi connectivity index (χ3v) is 4.75. The number of carboxylic acids is 2. The monoisotopic (exact) mass is 500 g/mol. The first-order valence-electron chi connectivity index (χ1n) is 10.9. The molecule has 196 valence electrons. The number of carbonyl (C=O) groups excluding carboxylic acids is 3. The number of amides is 4. The number of unbranched alkanes of at least 4 members (excludes halogenated alkanes) is 1. The summed E-state index contributed by atoms with van der Waals surface area (Å²) >= 11 is 0. The lowest BCUT2D eigenvalue weighted by Gasteiger charge is -2.21. The van der Waals surface area contributed by atoms with E-state index in [4.69, 9.17) is 26.8 Å². The van der Waals surface area contributed by atoms with Crippen molar-refractivity contribution in [2.24, 2.45) is 17.2 Å². The molecule has 0 fully saturated rings. The Kier molecular flexibility index (Phi) is 12.7. The van der Waals surface area contributed by atoms with Crippen molar-refractivity contribution in [1.29, 1.82) is 0 Å². The minimum atomic E-state index is -1.32. The van der Waals surface area contributed by atoms with Gasteiger partial charge < -0.3 is 47.9 Å². The topological polar surface area (TPSA) is 279 Å². The van der Waals surface area contributed by atoms with E-state index in [0.29, 0.717) is 19.4 Å². The van der Waals surface area contributed by atoms with Crippen molar-refractivity contribution in [2.75, 3.05) is 6.54 Å². The van der Waals surface area contributed by atoms with Gasteiger partial charge in [-0.25, -0.2) is 9.59 Å². The van der Waals surface area contributed by atoms with Crippen molar-refractivity contribution in [3.05, 3.63) is 11.7 Å². The molecule has 0 aromatic carbocycles. The normalized spacial score (nSPS) is 13.3. The molecule has 1 rings (SSSR count). The summed E-state index contributed by atoms with van der Waals surface area (Å²) in [5, 5.41) is 28.9. The van der Waals surface area contributed by atoms with Gasteiger partial charge in [-0.15, -0.1) is 0 Å². The van der Waals surface area contributed by atoms with Gasteiger partial charge in [0.2, 0.25) is 17.7 Å². The molecule has 1 aromatic heterocycles. The highest BCUT2D eigenvalue weighted by Gasteiger charge is 2.27. The Bertz CT molecular complexity index is 877. The number of nitrogens with one attached hydrogen (secondary N) is 3. The zero-order chi connectivity index (χ0) is 26.4. The molecule has 0 aliphatic carbocycles. The standard InChI is InChI=1S/C19H32N8O8/c20-8-2-1-3-12(18(32)33)24-17(31)11(5-7-15(29)30)25-19(34)23-9-14-26-16(27-35-14)10(21)4-6-13(22)28/h10-12H,1-9,20-21H2,(H2,22,28)(H,24,31)(H,29,30)(H,32,33)(H2,23,25,34)/t10-,11-,12?/m0/s1. The maximum absolute atomic E-state index is 12.6. The summed E-state index contributed by atoms with van der Waals surface area (Å²) in [5.74, 6) is -3.75. The lowest BCUT2D eigenvalue weighted by Crippen LogP contribution is -2.53. The summed E-state index contributed by atoms with van der Waals surface area (Å²) in [6.45, 7) is 0.121. The molecule has 0 aliphatic rings. The first-order valence-corrected chi connectivity index (χ1v) is 10.9. The quantitative estimate of drug-likeness (QED) is 0.108. The van der Waals surface area contributed by atoms with Crippen molar-refractivity contribution < 1.29 is 38.7 Å². The van der Waals surface area contributed by atoms with Crippen LogP contribution in [0, 0.1) is 0 Å². The van der Waals surface area contributed by atoms with Gasteiger partial charge in [-0.3, -0.25) is 14.4 Å². The van der Waals surface area contributed by atoms with Gasteiger partial charge in [0.25, 0.3) is 0 Å². The molecule has 35 heavy (non-hydrogen) atoms. The number of hydrogen-bond acceptors (Lipinski definition) is 10. The Labute approximate surface area is 200 Å². The Balaban J connectivity index is 2.69. The Hall–Kier alpha value is -3.79. The number of carbonyl (C=O) groups is 5. The van der Waals surface area contributed by atoms with Crippen LogP contribution in [0.4, 0.5) is 4.79 Å². The SMILES string of the molecule is NCCCCC(NC(=O)[C@H](CCC(=O)O)NC(=O)NCc1nc([C@@H](N)CCC(N)=O)no1)C(=O)O. The van der Waals surface area contributed by atoms with Crippen molar-refractivity contribution in [3.8, 4) is 0 Å². The van der Waals surface area contributed by atoms with Crippen molar-refractivity contribution in [3.63, 3.8) is 0 Å². The van der Waals surface area contributed by atoms with Crippen LogP contribution in [0.3, 0.4) is 0 Å². The number of aliphatic carboxylic acids is 2. The Morgan fingerprint density at radius 3 is 2.29 bits per heavy atom. The molecule has 0 spiro atoms. The van der Waals surface area contributed by atoms with Gasteiger partial charge >= 0.3 is 18.0 Å². The molecule has 16 nitrogen and oxygen atoms in total. The van der Waals surface area contributed by atoms with Gasteiger partial charge in [0.05, 0.1) is 12.6 Å². The molecule has 16 heteroatoms. The first-order chi connectivity index (χ1) is 16.5. The zero-order valence-electron chi connectivity index (χ0n) is 19.1. The number of nitrogens with two attached hydrogens (primary N) is 3. The van der Waals surface area contributed by atoms with Crippen molar-refractivity contribution in [1.82, 2.24) is 26.1 Å². The van der Waals surface area contributed by atoms with Crippen LogP contribution in [0.15, 0.2) is 4.52 Å². The number of carboxylic acid groups (broad SMARTS) is 2. The summed E-state index contributed by atoms with van der Waals surface area (Å²) < 4.78 is 4.97. The molecule has 11 N–H and O–H groups in total. The van der Waals surface area contributed by atoms with E-state index in [1.807, 2.05) is 0 Å². The second-order valence-corrected chi connectivity index (χ2v) is 7.65. The van der Waals surface area contributed by atoms with Gasteiger partial charge in [0.15, 0.2) is 5.82 Å². The van der Waals surface area contributed by atoms with E-state index < -0.39 is 54.3 Å². The van der Waals surface area contributed by atoms with Crippen LogP contribution >= 0.6 is 0 Å². The highest BCUT2D eigenvalue weighted by molar-refractivity contribution is 5.90. The largest absolute Gasteiger partial charge is 0.481 e. The lowest BCUT2D eigenvalue weighted by molar-refractivity contribution is -0.142. The minimum Gasteiger partial charge on any atom is -0.481 e. The van der Waals surface area contributed by atoms with Crippen LogP contribution in [0.25, 0.3) is 0 Å². The number of hydrogen-bond donors (Lipinski definition) is 8. The molecule has 0 aliphatic heterocycles. The maximum Gasteiger partial charge on any atom is 0.326 e.